The number of likely N-dealkylation sites (tertiary alicyclic amines) is 1. The van der Waals surface area contributed by atoms with Crippen molar-refractivity contribution >= 4 is 17.4 Å². The number of carbonyl (C=O) groups excluding carboxylic acids is 2. The number of nitrogens with zero attached hydrogens (tertiary/aromatic N) is 3. The van der Waals surface area contributed by atoms with Crippen molar-refractivity contribution in [3.05, 3.63) is 95.6 Å². The van der Waals surface area contributed by atoms with Gasteiger partial charge in [-0.2, -0.15) is 0 Å². The third kappa shape index (κ3) is 4.98. The fraction of sp³-hybridized carbons (Fsp3) is 0.259. The van der Waals surface area contributed by atoms with Gasteiger partial charge in [0.1, 0.15) is 11.5 Å². The highest BCUT2D eigenvalue weighted by atomic mass is 16.5. The Bertz CT molecular complexity index is 1160. The van der Waals surface area contributed by atoms with Crippen LogP contribution >= 0.6 is 0 Å². The summed E-state index contributed by atoms with van der Waals surface area (Å²) in [6.45, 7) is 2.89. The lowest BCUT2D eigenvalue weighted by atomic mass is 9.96. The molecule has 1 N–H and O–H groups in total. The molecule has 1 aliphatic heterocycles. The molecular formula is C27H27N3O4. The standard InChI is InChI=1S/C27H27N3O4/c1-2-3-6-16-34-22-12-10-19(11-13-22)25(31)23-24(20-8-7-14-28-17-20)30(27(33)26(23)32)18-21-9-4-5-15-29-21/h4-5,7-15,17,24,31H,2-3,6,16,18H2,1H3/b25-23+. The molecule has 3 aromatic rings. The first-order chi connectivity index (χ1) is 16.6. The van der Waals surface area contributed by atoms with Crippen LogP contribution in [0.2, 0.25) is 0 Å². The molecule has 0 aliphatic carbocycles. The molecule has 1 aliphatic rings. The van der Waals surface area contributed by atoms with Crippen LogP contribution in [0.1, 0.15) is 49.0 Å². The number of aliphatic hydroxyl groups is 1. The van der Waals surface area contributed by atoms with Gasteiger partial charge < -0.3 is 14.7 Å². The number of rotatable bonds is 9. The zero-order valence-electron chi connectivity index (χ0n) is 19.1. The Balaban J connectivity index is 1.68. The van der Waals surface area contributed by atoms with E-state index in [0.717, 1.165) is 19.3 Å². The minimum absolute atomic E-state index is 0.0329. The van der Waals surface area contributed by atoms with Crippen LogP contribution < -0.4 is 4.74 Å². The molecule has 1 saturated heterocycles. The molecule has 0 spiro atoms. The molecule has 174 valence electrons. The number of Topliss-reactive ketones (excluding diaryl/α,β-unsaturated/α-hetero) is 1. The minimum atomic E-state index is -0.777. The molecule has 1 fully saturated rings. The van der Waals surface area contributed by atoms with E-state index in [9.17, 15) is 14.7 Å². The molecule has 0 bridgehead atoms. The first-order valence-corrected chi connectivity index (χ1v) is 11.4. The monoisotopic (exact) mass is 457 g/mol. The smallest absolute Gasteiger partial charge is 0.296 e. The Morgan fingerprint density at radius 2 is 1.85 bits per heavy atom. The van der Waals surface area contributed by atoms with E-state index < -0.39 is 17.7 Å². The zero-order valence-corrected chi connectivity index (χ0v) is 19.1. The van der Waals surface area contributed by atoms with Crippen LogP contribution in [-0.4, -0.2) is 38.3 Å². The zero-order chi connectivity index (χ0) is 23.9. The van der Waals surface area contributed by atoms with Gasteiger partial charge in [0.15, 0.2) is 0 Å². The highest BCUT2D eigenvalue weighted by Crippen LogP contribution is 2.40. The average Bonchev–Trinajstić information content (AvgIpc) is 3.12. The van der Waals surface area contributed by atoms with Crippen LogP contribution in [0.3, 0.4) is 0 Å². The molecule has 7 heteroatoms. The Kier molecular flexibility index (Phi) is 7.32. The number of amides is 1. The molecule has 0 saturated carbocycles. The van der Waals surface area contributed by atoms with Gasteiger partial charge in [-0.25, -0.2) is 0 Å². The molecule has 1 amide bonds. The van der Waals surface area contributed by atoms with Gasteiger partial charge in [0.05, 0.1) is 30.5 Å². The summed E-state index contributed by atoms with van der Waals surface area (Å²) in [4.78, 5) is 36.0. The first-order valence-electron chi connectivity index (χ1n) is 11.4. The van der Waals surface area contributed by atoms with Gasteiger partial charge in [-0.3, -0.25) is 19.6 Å². The third-order valence-electron chi connectivity index (χ3n) is 5.74. The van der Waals surface area contributed by atoms with Gasteiger partial charge in [0, 0.05) is 24.2 Å². The summed E-state index contributed by atoms with van der Waals surface area (Å²) in [5.41, 5.74) is 1.74. The summed E-state index contributed by atoms with van der Waals surface area (Å²) < 4.78 is 5.74. The van der Waals surface area contributed by atoms with Crippen molar-refractivity contribution in [2.24, 2.45) is 0 Å². The third-order valence-corrected chi connectivity index (χ3v) is 5.74. The van der Waals surface area contributed by atoms with Crippen molar-refractivity contribution in [3.8, 4) is 5.75 Å². The van der Waals surface area contributed by atoms with Gasteiger partial charge >= 0.3 is 0 Å². The Hall–Kier alpha value is -4.00. The Morgan fingerprint density at radius 3 is 2.53 bits per heavy atom. The normalized spacial score (nSPS) is 17.2. The quantitative estimate of drug-likeness (QED) is 0.217. The number of ether oxygens (including phenoxy) is 1. The number of ketones is 1. The van der Waals surface area contributed by atoms with Crippen molar-refractivity contribution in [2.75, 3.05) is 6.61 Å². The number of unbranched alkanes of at least 4 members (excludes halogenated alkanes) is 2. The maximum atomic E-state index is 13.1. The maximum Gasteiger partial charge on any atom is 0.296 e. The van der Waals surface area contributed by atoms with Crippen LogP contribution in [0.25, 0.3) is 5.76 Å². The first kappa shape index (κ1) is 23.2. The Morgan fingerprint density at radius 1 is 1.03 bits per heavy atom. The predicted molar refractivity (Wildman–Crippen MR) is 128 cm³/mol. The largest absolute Gasteiger partial charge is 0.507 e. The van der Waals surface area contributed by atoms with E-state index in [0.29, 0.717) is 29.2 Å². The summed E-state index contributed by atoms with van der Waals surface area (Å²) in [6, 6.07) is 15.0. The van der Waals surface area contributed by atoms with E-state index in [1.807, 2.05) is 6.07 Å². The number of hydrogen-bond acceptors (Lipinski definition) is 6. The van der Waals surface area contributed by atoms with Crippen LogP contribution in [0.15, 0.2) is 78.8 Å². The molecule has 1 aromatic carbocycles. The number of aromatic nitrogens is 2. The lowest BCUT2D eigenvalue weighted by molar-refractivity contribution is -0.140. The average molecular weight is 458 g/mol. The van der Waals surface area contributed by atoms with Gasteiger partial charge in [-0.1, -0.05) is 31.9 Å². The maximum absolute atomic E-state index is 13.1. The molecule has 7 nitrogen and oxygen atoms in total. The van der Waals surface area contributed by atoms with E-state index >= 15 is 0 Å². The van der Waals surface area contributed by atoms with Crippen molar-refractivity contribution in [2.45, 2.75) is 38.8 Å². The second-order valence-electron chi connectivity index (χ2n) is 8.11. The van der Waals surface area contributed by atoms with E-state index in [2.05, 4.69) is 16.9 Å². The number of aliphatic hydroxyl groups excluding tert-OH is 1. The van der Waals surface area contributed by atoms with Crippen molar-refractivity contribution in [3.63, 3.8) is 0 Å². The van der Waals surface area contributed by atoms with Crippen LogP contribution in [0.5, 0.6) is 5.75 Å². The fourth-order valence-electron chi connectivity index (χ4n) is 4.00. The molecule has 2 aromatic heterocycles. The molecule has 0 radical (unpaired) electrons. The molecule has 34 heavy (non-hydrogen) atoms. The van der Waals surface area contributed by atoms with Crippen molar-refractivity contribution in [1.29, 1.82) is 0 Å². The number of benzene rings is 1. The molecule has 1 atom stereocenters. The number of pyridine rings is 2. The number of carbonyl (C=O) groups is 2. The molecule has 3 heterocycles. The SMILES string of the molecule is CCCCCOc1ccc(/C(O)=C2\C(=O)C(=O)N(Cc3ccccn3)C2c2cccnc2)cc1. The van der Waals surface area contributed by atoms with Gasteiger partial charge in [0.25, 0.3) is 11.7 Å². The fourth-order valence-corrected chi connectivity index (χ4v) is 4.00. The highest BCUT2D eigenvalue weighted by molar-refractivity contribution is 6.46. The number of hydrogen-bond donors (Lipinski definition) is 1. The summed E-state index contributed by atoms with van der Waals surface area (Å²) in [5.74, 6) is -0.959. The molecule has 1 unspecified atom stereocenters. The second-order valence-corrected chi connectivity index (χ2v) is 8.11. The molecular weight excluding hydrogens is 430 g/mol. The van der Waals surface area contributed by atoms with E-state index in [4.69, 9.17) is 4.74 Å². The second kappa shape index (κ2) is 10.7. The van der Waals surface area contributed by atoms with Crippen molar-refractivity contribution in [1.82, 2.24) is 14.9 Å². The van der Waals surface area contributed by atoms with E-state index in [-0.39, 0.29) is 17.9 Å². The predicted octanol–water partition coefficient (Wildman–Crippen LogP) is 4.67. The van der Waals surface area contributed by atoms with Crippen LogP contribution in [-0.2, 0) is 16.1 Å². The van der Waals surface area contributed by atoms with Gasteiger partial charge in [-0.15, -0.1) is 0 Å². The minimum Gasteiger partial charge on any atom is -0.507 e. The van der Waals surface area contributed by atoms with E-state index in [1.54, 1.807) is 67.1 Å². The van der Waals surface area contributed by atoms with Crippen LogP contribution in [0, 0.1) is 0 Å². The summed E-state index contributed by atoms with van der Waals surface area (Å²) >= 11 is 0. The lowest BCUT2D eigenvalue weighted by Crippen LogP contribution is -2.29. The van der Waals surface area contributed by atoms with Crippen LogP contribution in [0.4, 0.5) is 0 Å². The summed E-state index contributed by atoms with van der Waals surface area (Å²) in [5, 5.41) is 11.2. The highest BCUT2D eigenvalue weighted by Gasteiger charge is 2.46. The lowest BCUT2D eigenvalue weighted by Gasteiger charge is -2.24. The van der Waals surface area contributed by atoms with Gasteiger partial charge in [-0.05, 0) is 54.4 Å². The Labute approximate surface area is 198 Å². The van der Waals surface area contributed by atoms with Crippen molar-refractivity contribution < 1.29 is 19.4 Å². The van der Waals surface area contributed by atoms with E-state index in [1.165, 1.54) is 4.90 Å². The molecule has 4 rings (SSSR count). The van der Waals surface area contributed by atoms with Gasteiger partial charge in [0.2, 0.25) is 0 Å². The summed E-state index contributed by atoms with van der Waals surface area (Å²) in [7, 11) is 0. The topological polar surface area (TPSA) is 92.6 Å². The summed E-state index contributed by atoms with van der Waals surface area (Å²) in [6.07, 6.45) is 8.05.